The second kappa shape index (κ2) is 11.4. The predicted molar refractivity (Wildman–Crippen MR) is 57.1 cm³/mol. The molecule has 111 valence electrons. The topological polar surface area (TPSA) is 130 Å². The zero-order valence-corrected chi connectivity index (χ0v) is 11.6. The fraction of sp³-hybridized carbons (Fsp3) is 0.500. The van der Waals surface area contributed by atoms with Crippen molar-refractivity contribution in [2.45, 2.75) is 13.8 Å². The number of carbonyl (C=O) groups excluding carboxylic acids is 1. The third kappa shape index (κ3) is 24.5. The molecule has 8 nitrogen and oxygen atoms in total. The molecule has 0 unspecified atom stereocenters. The summed E-state index contributed by atoms with van der Waals surface area (Å²) in [4.78, 5) is 36.1. The van der Waals surface area contributed by atoms with Gasteiger partial charge in [0.2, 0.25) is 0 Å². The number of ether oxygens (including phenoxy) is 1. The molecule has 3 N–H and O–H groups in total. The number of carboxylic acid groups (broad SMARTS) is 1. The SMILES string of the molecule is C=C(C)C(=O)OCCOP(=O)(O)O.CC(=O)O.[Cu]. The summed E-state index contributed by atoms with van der Waals surface area (Å²) in [5.74, 6) is -1.45. The Kier molecular flexibility index (Phi) is 14.2. The van der Waals surface area contributed by atoms with Crippen molar-refractivity contribution in [2.75, 3.05) is 13.2 Å². The molecule has 0 aliphatic heterocycles. The summed E-state index contributed by atoms with van der Waals surface area (Å²) in [5, 5.41) is 7.42. The van der Waals surface area contributed by atoms with Gasteiger partial charge in [-0.15, -0.1) is 0 Å². The summed E-state index contributed by atoms with van der Waals surface area (Å²) in [6, 6.07) is 0. The minimum Gasteiger partial charge on any atom is -0.481 e. The van der Waals surface area contributed by atoms with Crippen LogP contribution in [0.1, 0.15) is 13.8 Å². The second-order valence-electron chi connectivity index (χ2n) is 2.76. The van der Waals surface area contributed by atoms with E-state index in [1.54, 1.807) is 0 Å². The van der Waals surface area contributed by atoms with Crippen LogP contribution in [-0.4, -0.2) is 40.0 Å². The molecule has 0 bridgehead atoms. The van der Waals surface area contributed by atoms with Crippen LogP contribution in [0, 0.1) is 0 Å². The zero-order chi connectivity index (χ0) is 14.1. The molecule has 1 radical (unpaired) electrons. The quantitative estimate of drug-likeness (QED) is 0.215. The van der Waals surface area contributed by atoms with E-state index in [0.717, 1.165) is 6.92 Å². The number of aliphatic carboxylic acids is 1. The van der Waals surface area contributed by atoms with Crippen LogP contribution in [0.4, 0.5) is 0 Å². The van der Waals surface area contributed by atoms with Crippen molar-refractivity contribution in [3.63, 3.8) is 0 Å². The molecule has 0 rings (SSSR count). The summed E-state index contributed by atoms with van der Waals surface area (Å²) < 4.78 is 18.6. The Labute approximate surface area is 115 Å². The van der Waals surface area contributed by atoms with Crippen molar-refractivity contribution >= 4 is 19.8 Å². The van der Waals surface area contributed by atoms with Crippen LogP contribution in [0.5, 0.6) is 0 Å². The maximum atomic E-state index is 10.7. The molecule has 0 saturated carbocycles. The monoisotopic (exact) mass is 333 g/mol. The number of carboxylic acids is 1. The molecule has 0 aromatic rings. The molecule has 0 aliphatic rings. The Hall–Kier alpha value is -0.691. The van der Waals surface area contributed by atoms with Gasteiger partial charge >= 0.3 is 13.8 Å². The molecular weight excluding hydrogens is 319 g/mol. The zero-order valence-electron chi connectivity index (χ0n) is 9.75. The van der Waals surface area contributed by atoms with Crippen molar-refractivity contribution in [3.05, 3.63) is 12.2 Å². The number of esters is 1. The number of carbonyl (C=O) groups is 2. The van der Waals surface area contributed by atoms with Crippen molar-refractivity contribution in [2.24, 2.45) is 0 Å². The van der Waals surface area contributed by atoms with Crippen LogP contribution in [0.3, 0.4) is 0 Å². The first-order valence-electron chi connectivity index (χ1n) is 4.28. The van der Waals surface area contributed by atoms with Gasteiger partial charge in [-0.05, 0) is 6.92 Å². The Balaban J connectivity index is -0.000000392. The molecular formula is C8H15CuO8P. The van der Waals surface area contributed by atoms with Gasteiger partial charge in [-0.1, -0.05) is 6.58 Å². The standard InChI is InChI=1S/C6H11O6P.C2H4O2.Cu/c1-5(2)6(7)11-3-4-12-13(8,9)10;1-2(3)4;/h1,3-4H2,2H3,(H2,8,9,10);1H3,(H,3,4);. The molecule has 0 aliphatic carbocycles. The van der Waals surface area contributed by atoms with E-state index >= 15 is 0 Å². The molecule has 0 amide bonds. The van der Waals surface area contributed by atoms with Gasteiger partial charge in [0, 0.05) is 29.6 Å². The predicted octanol–water partition coefficient (Wildman–Crippen LogP) is 0.303. The molecule has 0 heterocycles. The molecule has 0 saturated heterocycles. The van der Waals surface area contributed by atoms with Gasteiger partial charge in [-0.3, -0.25) is 9.32 Å². The molecule has 18 heavy (non-hydrogen) atoms. The number of hydrogen-bond acceptors (Lipinski definition) is 5. The van der Waals surface area contributed by atoms with E-state index < -0.39 is 19.8 Å². The van der Waals surface area contributed by atoms with E-state index in [1.807, 2.05) is 0 Å². The minimum absolute atomic E-state index is 0. The summed E-state index contributed by atoms with van der Waals surface area (Å²) in [6.07, 6.45) is 0. The number of hydrogen-bond donors (Lipinski definition) is 3. The molecule has 0 fully saturated rings. The fourth-order valence-electron chi connectivity index (χ4n) is 0.414. The minimum atomic E-state index is -4.46. The van der Waals surface area contributed by atoms with Crippen LogP contribution >= 0.6 is 7.82 Å². The Morgan fingerprint density at radius 1 is 1.22 bits per heavy atom. The van der Waals surface area contributed by atoms with Gasteiger partial charge in [0.1, 0.15) is 6.61 Å². The Morgan fingerprint density at radius 2 is 1.61 bits per heavy atom. The first-order valence-corrected chi connectivity index (χ1v) is 5.81. The molecule has 10 heteroatoms. The maximum absolute atomic E-state index is 10.7. The summed E-state index contributed by atoms with van der Waals surface area (Å²) in [6.45, 7) is 5.31. The normalized spacial score (nSPS) is 9.33. The van der Waals surface area contributed by atoms with E-state index in [9.17, 15) is 9.36 Å². The van der Waals surface area contributed by atoms with E-state index in [4.69, 9.17) is 19.7 Å². The largest absolute Gasteiger partial charge is 0.481 e. The van der Waals surface area contributed by atoms with Gasteiger partial charge < -0.3 is 19.6 Å². The number of rotatable bonds is 5. The van der Waals surface area contributed by atoms with E-state index in [1.165, 1.54) is 6.92 Å². The van der Waals surface area contributed by atoms with Gasteiger partial charge in [-0.25, -0.2) is 9.36 Å². The molecule has 0 atom stereocenters. The van der Waals surface area contributed by atoms with E-state index in [0.29, 0.717) is 0 Å². The van der Waals surface area contributed by atoms with Crippen LogP contribution in [0.2, 0.25) is 0 Å². The first kappa shape index (κ1) is 22.5. The number of phosphoric acid groups is 1. The van der Waals surface area contributed by atoms with Crippen LogP contribution < -0.4 is 0 Å². The smallest absolute Gasteiger partial charge is 0.469 e. The number of phosphoric ester groups is 1. The average Bonchev–Trinajstić information content (AvgIpc) is 2.09. The maximum Gasteiger partial charge on any atom is 0.469 e. The molecule has 0 aromatic heterocycles. The third-order valence-corrected chi connectivity index (χ3v) is 1.44. The van der Waals surface area contributed by atoms with Crippen LogP contribution in [0.25, 0.3) is 0 Å². The van der Waals surface area contributed by atoms with Crippen molar-refractivity contribution in [1.29, 1.82) is 0 Å². The summed E-state index contributed by atoms with van der Waals surface area (Å²) >= 11 is 0. The van der Waals surface area contributed by atoms with E-state index in [2.05, 4.69) is 15.8 Å². The average molecular weight is 334 g/mol. The van der Waals surface area contributed by atoms with Gasteiger partial charge in [0.15, 0.2) is 0 Å². The van der Waals surface area contributed by atoms with Gasteiger partial charge in [0.25, 0.3) is 5.97 Å². The summed E-state index contributed by atoms with van der Waals surface area (Å²) in [7, 11) is -4.46. The van der Waals surface area contributed by atoms with Crippen molar-refractivity contribution < 1.29 is 55.4 Å². The first-order chi connectivity index (χ1) is 7.56. The van der Waals surface area contributed by atoms with Crippen LogP contribution in [0.15, 0.2) is 12.2 Å². The van der Waals surface area contributed by atoms with Crippen molar-refractivity contribution in [1.82, 2.24) is 0 Å². The van der Waals surface area contributed by atoms with Gasteiger partial charge in [0.05, 0.1) is 6.61 Å². The Bertz CT molecular complexity index is 319. The fourth-order valence-corrected chi connectivity index (χ4v) is 0.726. The van der Waals surface area contributed by atoms with E-state index in [-0.39, 0.29) is 35.9 Å². The Morgan fingerprint density at radius 3 is 1.89 bits per heavy atom. The van der Waals surface area contributed by atoms with Crippen LogP contribution in [-0.2, 0) is 40.5 Å². The van der Waals surface area contributed by atoms with Gasteiger partial charge in [-0.2, -0.15) is 0 Å². The van der Waals surface area contributed by atoms with Crippen molar-refractivity contribution in [3.8, 4) is 0 Å². The second-order valence-corrected chi connectivity index (χ2v) is 4.00. The third-order valence-electron chi connectivity index (χ3n) is 0.924. The molecule has 0 aromatic carbocycles. The summed E-state index contributed by atoms with van der Waals surface area (Å²) in [5.41, 5.74) is 0.219. The molecule has 0 spiro atoms.